The van der Waals surface area contributed by atoms with Gasteiger partial charge in [-0.25, -0.2) is 0 Å². The van der Waals surface area contributed by atoms with Gasteiger partial charge >= 0.3 is 0 Å². The van der Waals surface area contributed by atoms with Gasteiger partial charge in [-0.1, -0.05) is 184 Å². The van der Waals surface area contributed by atoms with Gasteiger partial charge in [0.25, 0.3) is 0 Å². The number of nitrogens with zero attached hydrogens (tertiary/aromatic N) is 2. The van der Waals surface area contributed by atoms with Crippen LogP contribution in [-0.4, -0.2) is 0 Å². The molecule has 0 atom stereocenters. The standard InChI is InChI=1S/C64H46N2S/c1-63(2)57-31-13-9-27-51(57)54-37-35-49(41-60(54)63)66(50-36-38-56-55-30-12-16-34-61(55)67-62(56)42-50)48-26-18-25-47(40-48)65(45-22-7-4-8-23-45)46-24-17-21-44(39-46)64(43-19-5-3-6-20-43)58-32-14-10-28-52(58)53-29-11-15-33-59(53)64/h3-42H,1-2H3. The molecule has 0 saturated heterocycles. The minimum Gasteiger partial charge on any atom is -0.310 e. The summed E-state index contributed by atoms with van der Waals surface area (Å²) in [5, 5.41) is 2.60. The SMILES string of the molecule is CC1(C)c2ccccc2-c2ccc(N(c3cccc(N(c4ccccc4)c4cccc(C5(c6ccccc6)c6ccccc6-c6ccccc65)c4)c3)c3ccc4c(c3)sc3ccccc34)cc21. The second kappa shape index (κ2) is 15.3. The maximum absolute atomic E-state index is 2.46. The molecule has 0 aliphatic heterocycles. The maximum Gasteiger partial charge on any atom is 0.0714 e. The molecule has 1 heterocycles. The molecule has 10 aromatic carbocycles. The van der Waals surface area contributed by atoms with Crippen molar-refractivity contribution >= 4 is 65.6 Å². The molecule has 0 fully saturated rings. The van der Waals surface area contributed by atoms with Gasteiger partial charge in [-0.05, 0) is 128 Å². The Morgan fingerprint density at radius 2 is 0.761 bits per heavy atom. The number of thiophene rings is 1. The molecule has 11 aromatic rings. The summed E-state index contributed by atoms with van der Waals surface area (Å²) in [7, 11) is 0. The third kappa shape index (κ3) is 6.01. The number of hydrogen-bond acceptors (Lipinski definition) is 3. The Balaban J connectivity index is 1.00. The molecule has 0 spiro atoms. The lowest BCUT2D eigenvalue weighted by Gasteiger charge is -2.35. The predicted molar refractivity (Wildman–Crippen MR) is 284 cm³/mol. The average Bonchev–Trinajstić information content (AvgIpc) is 3.98. The van der Waals surface area contributed by atoms with E-state index in [1.807, 2.05) is 11.3 Å². The molecule has 0 unspecified atom stereocenters. The van der Waals surface area contributed by atoms with Crippen LogP contribution < -0.4 is 9.80 Å². The van der Waals surface area contributed by atoms with Crippen molar-refractivity contribution < 1.29 is 0 Å². The smallest absolute Gasteiger partial charge is 0.0714 e. The number of rotatable bonds is 8. The number of anilines is 6. The van der Waals surface area contributed by atoms with Gasteiger partial charge in [0.2, 0.25) is 0 Å². The lowest BCUT2D eigenvalue weighted by atomic mass is 9.67. The lowest BCUT2D eigenvalue weighted by molar-refractivity contribution is 0.660. The Morgan fingerprint density at radius 1 is 0.299 bits per heavy atom. The van der Waals surface area contributed by atoms with Crippen LogP contribution in [0.3, 0.4) is 0 Å². The van der Waals surface area contributed by atoms with Crippen LogP contribution in [0.5, 0.6) is 0 Å². The maximum atomic E-state index is 2.46. The minimum atomic E-state index is -0.516. The highest BCUT2D eigenvalue weighted by Gasteiger charge is 2.46. The van der Waals surface area contributed by atoms with Gasteiger partial charge in [-0.3, -0.25) is 0 Å². The van der Waals surface area contributed by atoms with Crippen molar-refractivity contribution in [2.45, 2.75) is 24.7 Å². The molecule has 0 N–H and O–H groups in total. The van der Waals surface area contributed by atoms with Crippen molar-refractivity contribution in [3.63, 3.8) is 0 Å². The van der Waals surface area contributed by atoms with Gasteiger partial charge in [-0.2, -0.15) is 0 Å². The molecule has 318 valence electrons. The summed E-state index contributed by atoms with van der Waals surface area (Å²) in [6.45, 7) is 4.73. The average molecular weight is 875 g/mol. The predicted octanol–water partition coefficient (Wildman–Crippen LogP) is 17.7. The number of hydrogen-bond donors (Lipinski definition) is 0. The van der Waals surface area contributed by atoms with Crippen LogP contribution in [0, 0.1) is 0 Å². The minimum absolute atomic E-state index is 0.141. The molecule has 1 aromatic heterocycles. The van der Waals surface area contributed by atoms with Crippen LogP contribution in [0.2, 0.25) is 0 Å². The van der Waals surface area contributed by atoms with Gasteiger partial charge in [-0.15, -0.1) is 11.3 Å². The first kappa shape index (κ1) is 39.4. The van der Waals surface area contributed by atoms with Crippen LogP contribution in [0.15, 0.2) is 243 Å². The third-order valence-corrected chi connectivity index (χ3v) is 15.6. The normalized spacial score (nSPS) is 13.8. The molecular formula is C64H46N2S. The monoisotopic (exact) mass is 874 g/mol. The van der Waals surface area contributed by atoms with E-state index in [0.29, 0.717) is 0 Å². The summed E-state index contributed by atoms with van der Waals surface area (Å²) in [5.41, 5.74) is 19.0. The summed E-state index contributed by atoms with van der Waals surface area (Å²) in [4.78, 5) is 4.89. The number of para-hydroxylation sites is 1. The van der Waals surface area contributed by atoms with Gasteiger partial charge in [0.15, 0.2) is 0 Å². The van der Waals surface area contributed by atoms with Gasteiger partial charge in [0.05, 0.1) is 5.41 Å². The van der Waals surface area contributed by atoms with E-state index in [4.69, 9.17) is 0 Å². The molecule has 2 aliphatic rings. The fraction of sp³-hybridized carbons (Fsp3) is 0.0625. The largest absolute Gasteiger partial charge is 0.310 e. The Morgan fingerprint density at radius 3 is 1.48 bits per heavy atom. The first-order valence-electron chi connectivity index (χ1n) is 23.2. The van der Waals surface area contributed by atoms with Crippen LogP contribution >= 0.6 is 11.3 Å². The van der Waals surface area contributed by atoms with Gasteiger partial charge in [0.1, 0.15) is 0 Å². The van der Waals surface area contributed by atoms with E-state index in [2.05, 4.69) is 266 Å². The van der Waals surface area contributed by atoms with Crippen molar-refractivity contribution in [1.29, 1.82) is 0 Å². The van der Waals surface area contributed by atoms with E-state index < -0.39 is 5.41 Å². The Bertz CT molecular complexity index is 3650. The van der Waals surface area contributed by atoms with E-state index in [1.165, 1.54) is 75.8 Å². The lowest BCUT2D eigenvalue weighted by Crippen LogP contribution is -2.28. The van der Waals surface area contributed by atoms with Crippen molar-refractivity contribution in [3.05, 3.63) is 276 Å². The molecule has 0 saturated carbocycles. The molecule has 2 aliphatic carbocycles. The second-order valence-electron chi connectivity index (χ2n) is 18.5. The molecule has 67 heavy (non-hydrogen) atoms. The molecule has 0 amide bonds. The Hall–Kier alpha value is -7.98. The summed E-state index contributed by atoms with van der Waals surface area (Å²) in [6.07, 6.45) is 0. The van der Waals surface area contributed by atoms with E-state index in [1.54, 1.807) is 0 Å². The van der Waals surface area contributed by atoms with Crippen LogP contribution in [0.25, 0.3) is 42.4 Å². The van der Waals surface area contributed by atoms with E-state index in [0.717, 1.165) is 34.1 Å². The van der Waals surface area contributed by atoms with Gasteiger partial charge < -0.3 is 9.80 Å². The second-order valence-corrected chi connectivity index (χ2v) is 19.5. The van der Waals surface area contributed by atoms with Crippen LogP contribution in [0.1, 0.15) is 47.2 Å². The highest BCUT2D eigenvalue weighted by atomic mass is 32.1. The molecule has 3 heteroatoms. The van der Waals surface area contributed by atoms with Gasteiger partial charge in [0, 0.05) is 59.7 Å². The highest BCUT2D eigenvalue weighted by molar-refractivity contribution is 7.25. The Kier molecular flexibility index (Phi) is 9.00. The van der Waals surface area contributed by atoms with Crippen molar-refractivity contribution in [1.82, 2.24) is 0 Å². The van der Waals surface area contributed by atoms with Crippen LogP contribution in [0.4, 0.5) is 34.1 Å². The molecule has 2 nitrogen and oxygen atoms in total. The summed E-state index contributed by atoms with van der Waals surface area (Å²) >= 11 is 1.86. The van der Waals surface area contributed by atoms with E-state index in [9.17, 15) is 0 Å². The fourth-order valence-corrected chi connectivity index (χ4v) is 12.7. The van der Waals surface area contributed by atoms with E-state index in [-0.39, 0.29) is 5.41 Å². The number of benzene rings is 10. The zero-order valence-electron chi connectivity index (χ0n) is 37.4. The fourth-order valence-electron chi connectivity index (χ4n) is 11.5. The summed E-state index contributed by atoms with van der Waals surface area (Å²) < 4.78 is 2.58. The topological polar surface area (TPSA) is 6.48 Å². The summed E-state index contributed by atoms with van der Waals surface area (Å²) in [6, 6.07) is 90.0. The highest BCUT2D eigenvalue weighted by Crippen LogP contribution is 2.57. The molecule has 13 rings (SSSR count). The molecule has 0 bridgehead atoms. The molecular weight excluding hydrogens is 829 g/mol. The molecule has 0 radical (unpaired) electrons. The quantitative estimate of drug-likeness (QED) is 0.150. The van der Waals surface area contributed by atoms with Crippen molar-refractivity contribution in [3.8, 4) is 22.3 Å². The zero-order chi connectivity index (χ0) is 44.7. The van der Waals surface area contributed by atoms with E-state index >= 15 is 0 Å². The first-order valence-corrected chi connectivity index (χ1v) is 24.1. The van der Waals surface area contributed by atoms with Crippen LogP contribution in [-0.2, 0) is 10.8 Å². The summed E-state index contributed by atoms with van der Waals surface area (Å²) in [5.74, 6) is 0. The number of fused-ring (bicyclic) bond motifs is 9. The Labute approximate surface area is 396 Å². The van der Waals surface area contributed by atoms with Crippen molar-refractivity contribution in [2.24, 2.45) is 0 Å². The van der Waals surface area contributed by atoms with Crippen molar-refractivity contribution in [2.75, 3.05) is 9.80 Å². The zero-order valence-corrected chi connectivity index (χ0v) is 38.2. The third-order valence-electron chi connectivity index (χ3n) is 14.5. The first-order chi connectivity index (χ1) is 33.0.